The van der Waals surface area contributed by atoms with E-state index >= 15 is 0 Å². The maximum Gasteiger partial charge on any atom is 0.326 e. The first-order chi connectivity index (χ1) is 19.1. The maximum atomic E-state index is 13.6. The van der Waals surface area contributed by atoms with E-state index in [0.29, 0.717) is 0 Å². The molecule has 3 aromatic rings. The van der Waals surface area contributed by atoms with Gasteiger partial charge in [-0.3, -0.25) is 14.4 Å². The van der Waals surface area contributed by atoms with E-state index in [1.165, 1.54) is 0 Å². The fourth-order valence-corrected chi connectivity index (χ4v) is 4.39. The highest BCUT2D eigenvalue weighted by Gasteiger charge is 2.31. The zero-order valence-electron chi connectivity index (χ0n) is 22.6. The summed E-state index contributed by atoms with van der Waals surface area (Å²) in [7, 11) is 0. The third-order valence-electron chi connectivity index (χ3n) is 6.50. The van der Waals surface area contributed by atoms with E-state index in [4.69, 9.17) is 5.73 Å². The van der Waals surface area contributed by atoms with Crippen LogP contribution in [0.2, 0.25) is 0 Å². The number of fused-ring (bicyclic) bond motifs is 1. The number of aromatic nitrogens is 1. The fraction of sp³-hybridized carbons (Fsp3) is 0.379. The molecule has 0 spiro atoms. The molecule has 40 heavy (non-hydrogen) atoms. The van der Waals surface area contributed by atoms with E-state index in [2.05, 4.69) is 20.9 Å². The molecule has 0 bridgehead atoms. The van der Waals surface area contributed by atoms with E-state index in [1.54, 1.807) is 30.5 Å². The summed E-state index contributed by atoms with van der Waals surface area (Å²) in [6, 6.07) is 11.8. The average molecular weight is 552 g/mol. The van der Waals surface area contributed by atoms with E-state index in [1.807, 2.05) is 44.2 Å². The third kappa shape index (κ3) is 8.39. The van der Waals surface area contributed by atoms with Crippen LogP contribution in [0.15, 0.2) is 60.8 Å². The molecule has 0 aliphatic carbocycles. The van der Waals surface area contributed by atoms with Gasteiger partial charge < -0.3 is 36.9 Å². The minimum absolute atomic E-state index is 0.00394. The minimum atomic E-state index is -1.23. The number of H-pyrrole nitrogens is 1. The summed E-state index contributed by atoms with van der Waals surface area (Å²) in [5, 5.41) is 27.7. The first kappa shape index (κ1) is 30.3. The summed E-state index contributed by atoms with van der Waals surface area (Å²) >= 11 is 0. The highest BCUT2D eigenvalue weighted by atomic mass is 16.4. The van der Waals surface area contributed by atoms with Gasteiger partial charge in [-0.2, -0.15) is 0 Å². The van der Waals surface area contributed by atoms with E-state index in [9.17, 15) is 29.4 Å². The number of nitrogens with two attached hydrogens (primary N) is 1. The van der Waals surface area contributed by atoms with Crippen LogP contribution >= 0.6 is 0 Å². The molecule has 0 radical (unpaired) electrons. The Kier molecular flexibility index (Phi) is 10.8. The minimum Gasteiger partial charge on any atom is -0.480 e. The number of rotatable bonds is 14. The number of carboxylic acids is 1. The van der Waals surface area contributed by atoms with Crippen molar-refractivity contribution in [1.82, 2.24) is 20.9 Å². The van der Waals surface area contributed by atoms with Crippen molar-refractivity contribution in [2.24, 2.45) is 11.7 Å². The van der Waals surface area contributed by atoms with Crippen molar-refractivity contribution in [3.8, 4) is 0 Å². The van der Waals surface area contributed by atoms with Crippen LogP contribution in [0.4, 0.5) is 0 Å². The molecule has 11 heteroatoms. The van der Waals surface area contributed by atoms with Gasteiger partial charge in [0.15, 0.2) is 0 Å². The summed E-state index contributed by atoms with van der Waals surface area (Å²) in [5.74, 6) is -3.21. The number of carbonyl (C=O) groups excluding carboxylic acids is 3. The SMILES string of the molecule is CC(C)CC(NC(=O)C(Cc1c[nH]c2ccccc12)NC(=O)C(Cc1ccccc1)NC(=O)C(N)CO)C(=O)O. The summed E-state index contributed by atoms with van der Waals surface area (Å²) in [5.41, 5.74) is 8.00. The molecule has 1 aromatic heterocycles. The number of nitrogens with one attached hydrogen (secondary N) is 4. The molecule has 0 aliphatic rings. The topological polar surface area (TPSA) is 187 Å². The Morgan fingerprint density at radius 3 is 2.02 bits per heavy atom. The Hall–Kier alpha value is -4.22. The van der Waals surface area contributed by atoms with Crippen LogP contribution < -0.4 is 21.7 Å². The number of aromatic amines is 1. The number of para-hydroxylation sites is 1. The largest absolute Gasteiger partial charge is 0.480 e. The number of aliphatic hydroxyl groups excluding tert-OH is 1. The molecule has 1 heterocycles. The number of aliphatic carboxylic acids is 1. The smallest absolute Gasteiger partial charge is 0.326 e. The van der Waals surface area contributed by atoms with Crippen LogP contribution in [0, 0.1) is 5.92 Å². The lowest BCUT2D eigenvalue weighted by Crippen LogP contribution is -2.58. The Bertz CT molecular complexity index is 1310. The fourth-order valence-electron chi connectivity index (χ4n) is 4.39. The van der Waals surface area contributed by atoms with Crippen molar-refractivity contribution < 1.29 is 29.4 Å². The molecule has 11 nitrogen and oxygen atoms in total. The first-order valence-electron chi connectivity index (χ1n) is 13.2. The van der Waals surface area contributed by atoms with E-state index < -0.39 is 54.5 Å². The first-order valence-corrected chi connectivity index (χ1v) is 13.2. The van der Waals surface area contributed by atoms with Crippen LogP contribution in [0.25, 0.3) is 10.9 Å². The van der Waals surface area contributed by atoms with Crippen molar-refractivity contribution in [3.63, 3.8) is 0 Å². The quantitative estimate of drug-likeness (QED) is 0.155. The summed E-state index contributed by atoms with van der Waals surface area (Å²) < 4.78 is 0. The van der Waals surface area contributed by atoms with Crippen molar-refractivity contribution in [3.05, 3.63) is 71.9 Å². The van der Waals surface area contributed by atoms with Crippen molar-refractivity contribution in [2.45, 2.75) is 57.3 Å². The van der Waals surface area contributed by atoms with Crippen LogP contribution in [0.3, 0.4) is 0 Å². The molecule has 0 saturated heterocycles. The number of aliphatic hydroxyl groups is 1. The Morgan fingerprint density at radius 2 is 1.40 bits per heavy atom. The lowest BCUT2D eigenvalue weighted by molar-refractivity contribution is -0.142. The van der Waals surface area contributed by atoms with Gasteiger partial charge in [0.25, 0.3) is 0 Å². The maximum absolute atomic E-state index is 13.6. The molecule has 4 atom stereocenters. The molecular weight excluding hydrogens is 514 g/mol. The second-order valence-electron chi connectivity index (χ2n) is 10.2. The predicted octanol–water partition coefficient (Wildman–Crippen LogP) is 0.858. The second-order valence-corrected chi connectivity index (χ2v) is 10.2. The molecule has 0 aliphatic heterocycles. The Balaban J connectivity index is 1.89. The number of hydrogen-bond donors (Lipinski definition) is 7. The second kappa shape index (κ2) is 14.2. The number of carbonyl (C=O) groups is 4. The average Bonchev–Trinajstić information content (AvgIpc) is 3.34. The number of amides is 3. The van der Waals surface area contributed by atoms with Crippen LogP contribution in [0.5, 0.6) is 0 Å². The molecule has 8 N–H and O–H groups in total. The van der Waals surface area contributed by atoms with Gasteiger partial charge in [0.2, 0.25) is 17.7 Å². The molecule has 2 aromatic carbocycles. The molecule has 0 saturated carbocycles. The van der Waals surface area contributed by atoms with Crippen molar-refractivity contribution in [1.29, 1.82) is 0 Å². The van der Waals surface area contributed by atoms with Gasteiger partial charge in [-0.05, 0) is 29.5 Å². The van der Waals surface area contributed by atoms with Gasteiger partial charge >= 0.3 is 5.97 Å². The standard InChI is InChI=1S/C29H37N5O6/c1-17(2)12-25(29(39)40)34-28(38)24(14-19-15-31-22-11-7-6-10-20(19)22)33-27(37)23(32-26(36)21(30)16-35)13-18-8-4-3-5-9-18/h3-11,15,17,21,23-25,31,35H,12-14,16,30H2,1-2H3,(H,32,36)(H,33,37)(H,34,38)(H,39,40). The lowest BCUT2D eigenvalue weighted by Gasteiger charge is -2.25. The Morgan fingerprint density at radius 1 is 0.825 bits per heavy atom. The predicted molar refractivity (Wildman–Crippen MR) is 150 cm³/mol. The summed E-state index contributed by atoms with van der Waals surface area (Å²) in [4.78, 5) is 54.5. The van der Waals surface area contributed by atoms with Crippen molar-refractivity contribution >= 4 is 34.6 Å². The van der Waals surface area contributed by atoms with Gasteiger partial charge in [-0.25, -0.2) is 4.79 Å². The van der Waals surface area contributed by atoms with Crippen molar-refractivity contribution in [2.75, 3.05) is 6.61 Å². The zero-order chi connectivity index (χ0) is 29.2. The zero-order valence-corrected chi connectivity index (χ0v) is 22.6. The van der Waals surface area contributed by atoms with E-state index in [0.717, 1.165) is 22.0 Å². The van der Waals surface area contributed by atoms with Gasteiger partial charge in [-0.1, -0.05) is 62.4 Å². The number of carboxylic acid groups (broad SMARTS) is 1. The van der Waals surface area contributed by atoms with Crippen LogP contribution in [-0.4, -0.2) is 69.7 Å². The van der Waals surface area contributed by atoms with E-state index in [-0.39, 0.29) is 25.2 Å². The normalized spacial score (nSPS) is 14.2. The monoisotopic (exact) mass is 551 g/mol. The third-order valence-corrected chi connectivity index (χ3v) is 6.50. The number of benzene rings is 2. The van der Waals surface area contributed by atoms with Crippen LogP contribution in [0.1, 0.15) is 31.4 Å². The lowest BCUT2D eigenvalue weighted by atomic mass is 10.00. The Labute approximate surface area is 232 Å². The molecule has 3 rings (SSSR count). The highest BCUT2D eigenvalue weighted by molar-refractivity contribution is 5.95. The number of hydrogen-bond acceptors (Lipinski definition) is 6. The highest BCUT2D eigenvalue weighted by Crippen LogP contribution is 2.19. The molecule has 3 amide bonds. The van der Waals surface area contributed by atoms with Gasteiger partial charge in [0.1, 0.15) is 24.2 Å². The van der Waals surface area contributed by atoms with Gasteiger partial charge in [-0.15, -0.1) is 0 Å². The summed E-state index contributed by atoms with van der Waals surface area (Å²) in [6.45, 7) is 3.09. The van der Waals surface area contributed by atoms with Gasteiger partial charge in [0, 0.05) is 29.9 Å². The molecule has 214 valence electrons. The molecule has 4 unspecified atom stereocenters. The van der Waals surface area contributed by atoms with Crippen LogP contribution in [-0.2, 0) is 32.0 Å². The van der Waals surface area contributed by atoms with Gasteiger partial charge in [0.05, 0.1) is 6.61 Å². The molecular formula is C29H37N5O6. The molecule has 0 fully saturated rings. The summed E-state index contributed by atoms with van der Waals surface area (Å²) in [6.07, 6.45) is 2.12.